The molecule has 1 aromatic carbocycles. The number of nitrogens with two attached hydrogens (primary N) is 1. The molecule has 4 nitrogen and oxygen atoms in total. The fraction of sp³-hybridized carbons (Fsp3) is 0.200. The molecule has 1 aliphatic heterocycles. The number of benzene rings is 1. The van der Waals surface area contributed by atoms with Gasteiger partial charge in [-0.1, -0.05) is 28.1 Å². The first-order valence-electron chi connectivity index (χ1n) is 4.36. The van der Waals surface area contributed by atoms with E-state index in [0.717, 1.165) is 10.0 Å². The molecule has 15 heavy (non-hydrogen) atoms. The number of rotatable bonds is 1. The second kappa shape index (κ2) is 3.34. The molecule has 0 fully saturated rings. The van der Waals surface area contributed by atoms with Crippen LogP contribution in [0.2, 0.25) is 0 Å². The molecule has 0 saturated heterocycles. The number of ether oxygens (including phenoxy) is 1. The van der Waals surface area contributed by atoms with Crippen molar-refractivity contribution in [2.45, 2.75) is 12.5 Å². The van der Waals surface area contributed by atoms with Crippen molar-refractivity contribution < 1.29 is 9.53 Å². The van der Waals surface area contributed by atoms with Crippen LogP contribution in [0, 0.1) is 0 Å². The average molecular weight is 269 g/mol. The Morgan fingerprint density at radius 3 is 2.80 bits per heavy atom. The zero-order valence-corrected chi connectivity index (χ0v) is 9.61. The SMILES string of the molecule is CC1(c2cccc(Br)c2)OC(N)=NC1=O. The highest BCUT2D eigenvalue weighted by Gasteiger charge is 2.43. The number of amides is 1. The molecular formula is C10H9BrN2O2. The Bertz CT molecular complexity index is 458. The summed E-state index contributed by atoms with van der Waals surface area (Å²) in [5.41, 5.74) is 5.01. The predicted molar refractivity (Wildman–Crippen MR) is 59.2 cm³/mol. The van der Waals surface area contributed by atoms with Crippen LogP contribution in [0.1, 0.15) is 12.5 Å². The van der Waals surface area contributed by atoms with Gasteiger partial charge in [0.2, 0.25) is 5.60 Å². The normalized spacial score (nSPS) is 24.9. The topological polar surface area (TPSA) is 64.7 Å². The van der Waals surface area contributed by atoms with Crippen LogP contribution in [0.25, 0.3) is 0 Å². The first-order valence-corrected chi connectivity index (χ1v) is 5.15. The van der Waals surface area contributed by atoms with Gasteiger partial charge in [0.25, 0.3) is 11.9 Å². The number of amidine groups is 1. The van der Waals surface area contributed by atoms with Gasteiger partial charge in [-0.25, -0.2) is 0 Å². The molecular weight excluding hydrogens is 260 g/mol. The highest BCUT2D eigenvalue weighted by molar-refractivity contribution is 9.10. The number of carbonyl (C=O) groups excluding carboxylic acids is 1. The van der Waals surface area contributed by atoms with Crippen LogP contribution >= 0.6 is 15.9 Å². The van der Waals surface area contributed by atoms with Crippen LogP contribution in [0.4, 0.5) is 0 Å². The minimum atomic E-state index is -1.09. The first kappa shape index (κ1) is 10.2. The largest absolute Gasteiger partial charge is 0.444 e. The summed E-state index contributed by atoms with van der Waals surface area (Å²) in [6, 6.07) is 7.23. The Labute approximate surface area is 95.3 Å². The third kappa shape index (κ3) is 1.63. The van der Waals surface area contributed by atoms with Gasteiger partial charge in [-0.3, -0.25) is 4.79 Å². The Kier molecular flexibility index (Phi) is 2.26. The van der Waals surface area contributed by atoms with Gasteiger partial charge in [0, 0.05) is 10.0 Å². The summed E-state index contributed by atoms with van der Waals surface area (Å²) in [5, 5.41) is 0. The first-order chi connectivity index (χ1) is 7.02. The van der Waals surface area contributed by atoms with Crippen LogP contribution in [-0.2, 0) is 15.1 Å². The lowest BCUT2D eigenvalue weighted by Gasteiger charge is -2.21. The molecule has 1 heterocycles. The van der Waals surface area contributed by atoms with Crippen LogP contribution in [0.15, 0.2) is 33.7 Å². The molecule has 1 aliphatic rings. The molecule has 78 valence electrons. The van der Waals surface area contributed by atoms with Crippen LogP contribution in [-0.4, -0.2) is 11.9 Å². The number of aliphatic imine (C=N–C) groups is 1. The lowest BCUT2D eigenvalue weighted by Crippen LogP contribution is -2.31. The van der Waals surface area contributed by atoms with Gasteiger partial charge in [-0.15, -0.1) is 0 Å². The Balaban J connectivity index is 2.44. The average Bonchev–Trinajstić information content (AvgIpc) is 2.42. The maximum atomic E-state index is 11.6. The zero-order chi connectivity index (χ0) is 11.1. The van der Waals surface area contributed by atoms with Crippen LogP contribution < -0.4 is 5.73 Å². The predicted octanol–water partition coefficient (Wildman–Crippen LogP) is 1.54. The molecule has 0 saturated carbocycles. The van der Waals surface area contributed by atoms with Crippen molar-refractivity contribution in [1.82, 2.24) is 0 Å². The molecule has 1 amide bonds. The molecule has 0 aliphatic carbocycles. The second-order valence-electron chi connectivity index (χ2n) is 3.40. The minimum absolute atomic E-state index is 0.0810. The lowest BCUT2D eigenvalue weighted by atomic mass is 9.96. The van der Waals surface area contributed by atoms with E-state index in [1.807, 2.05) is 18.2 Å². The van der Waals surface area contributed by atoms with E-state index >= 15 is 0 Å². The van der Waals surface area contributed by atoms with Crippen molar-refractivity contribution >= 4 is 27.9 Å². The van der Waals surface area contributed by atoms with E-state index in [-0.39, 0.29) is 11.9 Å². The van der Waals surface area contributed by atoms with Gasteiger partial charge in [0.1, 0.15) is 0 Å². The third-order valence-electron chi connectivity index (χ3n) is 2.30. The molecule has 5 heteroatoms. The summed E-state index contributed by atoms with van der Waals surface area (Å²) in [4.78, 5) is 15.2. The van der Waals surface area contributed by atoms with E-state index in [9.17, 15) is 4.79 Å². The summed E-state index contributed by atoms with van der Waals surface area (Å²) in [5.74, 6) is -0.377. The van der Waals surface area contributed by atoms with E-state index in [4.69, 9.17) is 10.5 Å². The maximum Gasteiger partial charge on any atom is 0.298 e. The minimum Gasteiger partial charge on any atom is -0.444 e. The highest BCUT2D eigenvalue weighted by Crippen LogP contribution is 2.31. The standard InChI is InChI=1S/C10H9BrN2O2/c1-10(8(14)13-9(12)15-10)6-3-2-4-7(11)5-6/h2-5H,1H3,(H2,12,13,14). The van der Waals surface area contributed by atoms with Crippen molar-refractivity contribution in [3.63, 3.8) is 0 Å². The molecule has 1 aromatic rings. The smallest absolute Gasteiger partial charge is 0.298 e. The Hall–Kier alpha value is -1.36. The number of hydrogen-bond donors (Lipinski definition) is 1. The second-order valence-corrected chi connectivity index (χ2v) is 4.32. The van der Waals surface area contributed by atoms with Crippen molar-refractivity contribution in [3.05, 3.63) is 34.3 Å². The molecule has 0 bridgehead atoms. The van der Waals surface area contributed by atoms with Gasteiger partial charge in [-0.2, -0.15) is 4.99 Å². The summed E-state index contributed by atoms with van der Waals surface area (Å²) < 4.78 is 6.14. The van der Waals surface area contributed by atoms with E-state index in [0.29, 0.717) is 0 Å². The number of hydrogen-bond acceptors (Lipinski definition) is 3. The van der Waals surface area contributed by atoms with Gasteiger partial charge < -0.3 is 10.5 Å². The third-order valence-corrected chi connectivity index (χ3v) is 2.80. The van der Waals surface area contributed by atoms with E-state index in [1.165, 1.54) is 0 Å². The quantitative estimate of drug-likeness (QED) is 0.840. The van der Waals surface area contributed by atoms with Gasteiger partial charge in [-0.05, 0) is 19.1 Å². The molecule has 1 unspecified atom stereocenters. The van der Waals surface area contributed by atoms with E-state index < -0.39 is 5.60 Å². The van der Waals surface area contributed by atoms with Gasteiger partial charge in [0.05, 0.1) is 0 Å². The van der Waals surface area contributed by atoms with Crippen molar-refractivity contribution in [3.8, 4) is 0 Å². The fourth-order valence-electron chi connectivity index (χ4n) is 1.45. The van der Waals surface area contributed by atoms with Crippen LogP contribution in [0.5, 0.6) is 0 Å². The molecule has 0 spiro atoms. The van der Waals surface area contributed by atoms with E-state index in [2.05, 4.69) is 20.9 Å². The van der Waals surface area contributed by atoms with Crippen molar-refractivity contribution in [2.24, 2.45) is 10.7 Å². The molecule has 1 atom stereocenters. The number of nitrogens with zero attached hydrogens (tertiary/aromatic N) is 1. The molecule has 0 aromatic heterocycles. The maximum absolute atomic E-state index is 11.6. The molecule has 2 N–H and O–H groups in total. The Morgan fingerprint density at radius 2 is 2.27 bits per heavy atom. The summed E-state index contributed by atoms with van der Waals surface area (Å²) in [6.45, 7) is 1.65. The van der Waals surface area contributed by atoms with Crippen molar-refractivity contribution in [1.29, 1.82) is 0 Å². The monoisotopic (exact) mass is 268 g/mol. The van der Waals surface area contributed by atoms with Gasteiger partial charge >= 0.3 is 0 Å². The number of carbonyl (C=O) groups is 1. The summed E-state index contributed by atoms with van der Waals surface area (Å²) in [6.07, 6.45) is 0. The lowest BCUT2D eigenvalue weighted by molar-refractivity contribution is -0.130. The Morgan fingerprint density at radius 1 is 1.53 bits per heavy atom. The molecule has 2 rings (SSSR count). The van der Waals surface area contributed by atoms with Gasteiger partial charge in [0.15, 0.2) is 0 Å². The fourth-order valence-corrected chi connectivity index (χ4v) is 1.85. The highest BCUT2D eigenvalue weighted by atomic mass is 79.9. The van der Waals surface area contributed by atoms with E-state index in [1.54, 1.807) is 13.0 Å². The number of halogens is 1. The van der Waals surface area contributed by atoms with Crippen LogP contribution in [0.3, 0.4) is 0 Å². The summed E-state index contributed by atoms with van der Waals surface area (Å²) >= 11 is 3.33. The van der Waals surface area contributed by atoms with Crippen molar-refractivity contribution in [2.75, 3.05) is 0 Å². The molecule has 0 radical (unpaired) electrons. The summed E-state index contributed by atoms with van der Waals surface area (Å²) in [7, 11) is 0. The zero-order valence-electron chi connectivity index (χ0n) is 8.03.